The average Bonchev–Trinajstić information content (AvgIpc) is 2.59. The molecule has 1 aliphatic heterocycles. The second kappa shape index (κ2) is 7.22. The topological polar surface area (TPSA) is 20.3 Å². The molecule has 1 atom stereocenters. The molecule has 1 amide bonds. The maximum atomic E-state index is 12.7. The fourth-order valence-corrected chi connectivity index (χ4v) is 4.04. The Labute approximate surface area is 142 Å². The summed E-state index contributed by atoms with van der Waals surface area (Å²) >= 11 is 1.74. The lowest BCUT2D eigenvalue weighted by Gasteiger charge is -2.30. The van der Waals surface area contributed by atoms with Gasteiger partial charge < -0.3 is 4.90 Å². The summed E-state index contributed by atoms with van der Waals surface area (Å²) in [4.78, 5) is 14.7. The molecule has 0 spiro atoms. The first-order chi connectivity index (χ1) is 11.1. The molecule has 3 heteroatoms. The van der Waals surface area contributed by atoms with Gasteiger partial charge in [0, 0.05) is 18.8 Å². The van der Waals surface area contributed by atoms with Gasteiger partial charge in [-0.1, -0.05) is 48.5 Å². The molecule has 0 aromatic heterocycles. The van der Waals surface area contributed by atoms with Crippen molar-refractivity contribution in [3.05, 3.63) is 70.8 Å². The van der Waals surface area contributed by atoms with Crippen LogP contribution in [-0.2, 0) is 23.5 Å². The summed E-state index contributed by atoms with van der Waals surface area (Å²) in [6, 6.07) is 16.9. The van der Waals surface area contributed by atoms with Crippen LogP contribution in [0.25, 0.3) is 0 Å². The summed E-state index contributed by atoms with van der Waals surface area (Å²) in [7, 11) is 0. The van der Waals surface area contributed by atoms with Crippen LogP contribution in [0.1, 0.15) is 29.2 Å². The Morgan fingerprint density at radius 3 is 2.61 bits per heavy atom. The van der Waals surface area contributed by atoms with Gasteiger partial charge in [-0.25, -0.2) is 0 Å². The third kappa shape index (κ3) is 3.78. The van der Waals surface area contributed by atoms with Crippen molar-refractivity contribution in [1.82, 2.24) is 4.90 Å². The highest BCUT2D eigenvalue weighted by Crippen LogP contribution is 2.24. The first-order valence-electron chi connectivity index (χ1n) is 8.17. The number of nitrogens with zero attached hydrogens (tertiary/aromatic N) is 1. The maximum absolute atomic E-state index is 12.7. The van der Waals surface area contributed by atoms with Crippen molar-refractivity contribution < 1.29 is 4.79 Å². The van der Waals surface area contributed by atoms with Crippen LogP contribution in [-0.4, -0.2) is 22.6 Å². The van der Waals surface area contributed by atoms with Crippen LogP contribution in [0.3, 0.4) is 0 Å². The van der Waals surface area contributed by atoms with Crippen LogP contribution in [0.4, 0.5) is 0 Å². The van der Waals surface area contributed by atoms with Gasteiger partial charge in [0.15, 0.2) is 0 Å². The molecule has 1 unspecified atom stereocenters. The molecule has 0 radical (unpaired) electrons. The molecule has 0 bridgehead atoms. The summed E-state index contributed by atoms with van der Waals surface area (Å²) in [5, 5.41) is -0.000122. The molecule has 1 heterocycles. The summed E-state index contributed by atoms with van der Waals surface area (Å²) in [5.74, 6) is 1.15. The number of fused-ring (bicyclic) bond motifs is 1. The van der Waals surface area contributed by atoms with Crippen molar-refractivity contribution in [3.63, 3.8) is 0 Å². The Morgan fingerprint density at radius 2 is 1.83 bits per heavy atom. The van der Waals surface area contributed by atoms with Gasteiger partial charge in [-0.3, -0.25) is 4.79 Å². The number of aryl methyl sites for hydroxylation is 1. The zero-order valence-electron chi connectivity index (χ0n) is 13.8. The van der Waals surface area contributed by atoms with Crippen molar-refractivity contribution in [2.75, 3.05) is 6.54 Å². The molecule has 23 heavy (non-hydrogen) atoms. The van der Waals surface area contributed by atoms with E-state index in [-0.39, 0.29) is 11.2 Å². The number of benzene rings is 2. The van der Waals surface area contributed by atoms with E-state index in [1.54, 1.807) is 11.8 Å². The van der Waals surface area contributed by atoms with Crippen LogP contribution in [0.15, 0.2) is 48.5 Å². The monoisotopic (exact) mass is 325 g/mol. The molecule has 0 saturated heterocycles. The summed E-state index contributed by atoms with van der Waals surface area (Å²) < 4.78 is 0. The van der Waals surface area contributed by atoms with E-state index < -0.39 is 0 Å². The molecule has 0 N–H and O–H groups in total. The number of rotatable bonds is 4. The second-order valence-electron chi connectivity index (χ2n) is 6.16. The van der Waals surface area contributed by atoms with Crippen molar-refractivity contribution in [3.8, 4) is 0 Å². The fourth-order valence-electron chi connectivity index (χ4n) is 3.00. The van der Waals surface area contributed by atoms with Crippen molar-refractivity contribution in [2.24, 2.45) is 0 Å². The summed E-state index contributed by atoms with van der Waals surface area (Å²) in [6.07, 6.45) is 0.969. The number of hydrogen-bond donors (Lipinski definition) is 0. The highest BCUT2D eigenvalue weighted by molar-refractivity contribution is 7.99. The SMILES string of the molecule is Cc1ccccc1CSC(C)C(=O)N1CCc2ccccc2C1. The largest absolute Gasteiger partial charge is 0.337 e. The molecule has 0 saturated carbocycles. The quantitative estimate of drug-likeness (QED) is 0.839. The fraction of sp³-hybridized carbons (Fsp3) is 0.350. The number of amides is 1. The normalized spacial score (nSPS) is 15.1. The van der Waals surface area contributed by atoms with E-state index in [0.717, 1.165) is 25.3 Å². The molecular formula is C20H23NOS. The van der Waals surface area contributed by atoms with Gasteiger partial charge in [-0.15, -0.1) is 11.8 Å². The minimum Gasteiger partial charge on any atom is -0.337 e. The Balaban J connectivity index is 1.59. The Bertz CT molecular complexity index is 698. The molecule has 2 nitrogen and oxygen atoms in total. The number of thioether (sulfide) groups is 1. The van der Waals surface area contributed by atoms with E-state index in [1.807, 2.05) is 11.8 Å². The standard InChI is InChI=1S/C20H23NOS/c1-15-7-3-4-10-19(15)14-23-16(2)20(22)21-12-11-17-8-5-6-9-18(17)13-21/h3-10,16H,11-14H2,1-2H3. The number of hydrogen-bond acceptors (Lipinski definition) is 2. The predicted molar refractivity (Wildman–Crippen MR) is 97.5 cm³/mol. The van der Waals surface area contributed by atoms with Crippen LogP contribution in [0.2, 0.25) is 0 Å². The molecular weight excluding hydrogens is 302 g/mol. The highest BCUT2D eigenvalue weighted by Gasteiger charge is 2.24. The Morgan fingerprint density at radius 1 is 1.13 bits per heavy atom. The lowest BCUT2D eigenvalue weighted by atomic mass is 10.00. The molecule has 1 aliphatic rings. The maximum Gasteiger partial charge on any atom is 0.235 e. The smallest absolute Gasteiger partial charge is 0.235 e. The van der Waals surface area contributed by atoms with Gasteiger partial charge >= 0.3 is 0 Å². The van der Waals surface area contributed by atoms with E-state index in [4.69, 9.17) is 0 Å². The van der Waals surface area contributed by atoms with Gasteiger partial charge in [0.2, 0.25) is 5.91 Å². The van der Waals surface area contributed by atoms with Gasteiger partial charge in [0.25, 0.3) is 0 Å². The molecule has 0 fully saturated rings. The number of carbonyl (C=O) groups is 1. The van der Waals surface area contributed by atoms with E-state index in [9.17, 15) is 4.79 Å². The van der Waals surface area contributed by atoms with Gasteiger partial charge in [-0.2, -0.15) is 0 Å². The first kappa shape index (κ1) is 16.1. The molecule has 120 valence electrons. The van der Waals surface area contributed by atoms with Crippen LogP contribution in [0.5, 0.6) is 0 Å². The first-order valence-corrected chi connectivity index (χ1v) is 9.21. The van der Waals surface area contributed by atoms with E-state index in [0.29, 0.717) is 0 Å². The number of carbonyl (C=O) groups excluding carboxylic acids is 1. The van der Waals surface area contributed by atoms with E-state index >= 15 is 0 Å². The lowest BCUT2D eigenvalue weighted by Crippen LogP contribution is -2.40. The van der Waals surface area contributed by atoms with Crippen molar-refractivity contribution in [1.29, 1.82) is 0 Å². The minimum atomic E-state index is -0.000122. The minimum absolute atomic E-state index is 0.000122. The zero-order valence-corrected chi connectivity index (χ0v) is 14.6. The third-order valence-corrected chi connectivity index (χ3v) is 5.72. The van der Waals surface area contributed by atoms with Gasteiger partial charge in [-0.05, 0) is 42.5 Å². The Hall–Kier alpha value is -1.74. The predicted octanol–water partition coefficient (Wildman–Crippen LogP) is 4.20. The highest BCUT2D eigenvalue weighted by atomic mass is 32.2. The van der Waals surface area contributed by atoms with Crippen LogP contribution < -0.4 is 0 Å². The van der Waals surface area contributed by atoms with Crippen LogP contribution >= 0.6 is 11.8 Å². The van der Waals surface area contributed by atoms with Gasteiger partial charge in [0.05, 0.1) is 5.25 Å². The van der Waals surface area contributed by atoms with Crippen LogP contribution in [0, 0.1) is 6.92 Å². The second-order valence-corrected chi connectivity index (χ2v) is 7.49. The molecule has 3 rings (SSSR count). The molecule has 0 aliphatic carbocycles. The summed E-state index contributed by atoms with van der Waals surface area (Å²) in [5.41, 5.74) is 5.30. The lowest BCUT2D eigenvalue weighted by molar-refractivity contribution is -0.131. The van der Waals surface area contributed by atoms with Crippen molar-refractivity contribution in [2.45, 2.75) is 37.8 Å². The zero-order chi connectivity index (χ0) is 16.2. The Kier molecular flexibility index (Phi) is 5.06. The van der Waals surface area contributed by atoms with E-state index in [1.165, 1.54) is 22.3 Å². The average molecular weight is 325 g/mol. The summed E-state index contributed by atoms with van der Waals surface area (Å²) in [6.45, 7) is 5.76. The molecule has 2 aromatic carbocycles. The van der Waals surface area contributed by atoms with Crippen molar-refractivity contribution >= 4 is 17.7 Å². The third-order valence-electron chi connectivity index (χ3n) is 4.54. The molecule has 2 aromatic rings. The van der Waals surface area contributed by atoms with Gasteiger partial charge in [0.1, 0.15) is 0 Å². The van der Waals surface area contributed by atoms with E-state index in [2.05, 4.69) is 55.5 Å².